The number of rotatable bonds is 11. The molecule has 1 aliphatic heterocycles. The topological polar surface area (TPSA) is 158 Å². The molecule has 14 heteroatoms. The predicted octanol–water partition coefficient (Wildman–Crippen LogP) is 3.32. The number of benzene rings is 2. The molecule has 0 spiro atoms. The molecule has 6 atom stereocenters. The molecule has 42 heavy (non-hydrogen) atoms. The average Bonchev–Trinajstić information content (AvgIpc) is 3.16. The fourth-order valence-corrected chi connectivity index (χ4v) is 5.83. The highest BCUT2D eigenvalue weighted by atomic mass is 31.2. The van der Waals surface area contributed by atoms with E-state index in [9.17, 15) is 24.1 Å². The predicted molar refractivity (Wildman–Crippen MR) is 151 cm³/mol. The van der Waals surface area contributed by atoms with E-state index in [0.29, 0.717) is 0 Å². The summed E-state index contributed by atoms with van der Waals surface area (Å²) in [6, 6.07) is 16.0. The van der Waals surface area contributed by atoms with Gasteiger partial charge >= 0.3 is 19.4 Å². The first-order valence-electron chi connectivity index (χ1n) is 13.2. The molecular formula is C28H33FN3O9P. The van der Waals surface area contributed by atoms with Crippen LogP contribution in [-0.2, 0) is 23.4 Å². The third kappa shape index (κ3) is 7.23. The number of nitrogens with zero attached hydrogens (tertiary/aromatic N) is 1. The van der Waals surface area contributed by atoms with Gasteiger partial charge in [0.25, 0.3) is 5.56 Å². The van der Waals surface area contributed by atoms with Crippen LogP contribution in [0.2, 0.25) is 0 Å². The highest BCUT2D eigenvalue weighted by molar-refractivity contribution is 7.52. The highest BCUT2D eigenvalue weighted by Gasteiger charge is 2.56. The van der Waals surface area contributed by atoms with Crippen molar-refractivity contribution in [2.75, 3.05) is 6.61 Å². The second-order valence-electron chi connectivity index (χ2n) is 10.3. The number of alkyl halides is 1. The summed E-state index contributed by atoms with van der Waals surface area (Å²) in [5.41, 5.74) is -2.33. The monoisotopic (exact) mass is 605 g/mol. The Hall–Kier alpha value is -3.61. The van der Waals surface area contributed by atoms with Gasteiger partial charge in [-0.05, 0) is 51.0 Å². The maximum Gasteiger partial charge on any atom is 0.459 e. The van der Waals surface area contributed by atoms with E-state index in [1.165, 1.54) is 6.92 Å². The number of ether oxygens (including phenoxy) is 2. The van der Waals surface area contributed by atoms with Crippen molar-refractivity contribution >= 4 is 13.7 Å². The number of carbonyl (C=O) groups is 1. The van der Waals surface area contributed by atoms with Crippen molar-refractivity contribution < 1.29 is 37.4 Å². The molecule has 0 unspecified atom stereocenters. The smallest absolute Gasteiger partial charge is 0.459 e. The van der Waals surface area contributed by atoms with Crippen molar-refractivity contribution in [2.24, 2.45) is 0 Å². The number of hydrogen-bond donors (Lipinski definition) is 3. The minimum Gasteiger partial charge on any atom is -0.462 e. The molecule has 3 aromatic rings. The van der Waals surface area contributed by atoms with Crippen molar-refractivity contribution in [1.82, 2.24) is 14.6 Å². The standard InChI is InChI=1S/C28H33FN3O9P/c1-17(2)39-25(35)18(3)31-42(37,41-21-12-10-20(11-13-21)19-8-6-5-7-9-19)38-16-22-24(34)28(4,29)26(40-22)32-15-14-23(33)30-27(32)36/h5-15,17-18,22,24,26,34H,16H2,1-4H3,(H,31,37)(H,30,33,36)/t18-,22+,24+,26+,28+,42-/m0/s1. The molecule has 0 radical (unpaired) electrons. The number of hydrogen-bond acceptors (Lipinski definition) is 9. The normalized spacial score (nSPS) is 24.2. The lowest BCUT2D eigenvalue weighted by molar-refractivity contribution is -0.149. The fourth-order valence-electron chi connectivity index (χ4n) is 4.33. The number of aromatic amines is 1. The van der Waals surface area contributed by atoms with Gasteiger partial charge < -0.3 is 19.1 Å². The van der Waals surface area contributed by atoms with Crippen molar-refractivity contribution in [2.45, 2.75) is 63.9 Å². The van der Waals surface area contributed by atoms with Gasteiger partial charge in [0.1, 0.15) is 24.0 Å². The van der Waals surface area contributed by atoms with Crippen LogP contribution in [0.5, 0.6) is 5.75 Å². The maximum absolute atomic E-state index is 15.6. The molecule has 0 saturated carbocycles. The lowest BCUT2D eigenvalue weighted by atomic mass is 9.98. The van der Waals surface area contributed by atoms with Gasteiger partial charge in [-0.3, -0.25) is 23.7 Å². The number of halogens is 1. The largest absolute Gasteiger partial charge is 0.462 e. The molecule has 0 aliphatic carbocycles. The Morgan fingerprint density at radius 2 is 1.76 bits per heavy atom. The Balaban J connectivity index is 1.54. The number of aliphatic hydroxyl groups excluding tert-OH is 1. The zero-order chi connectivity index (χ0) is 30.7. The summed E-state index contributed by atoms with van der Waals surface area (Å²) in [6.45, 7) is 5.08. The van der Waals surface area contributed by atoms with E-state index in [1.54, 1.807) is 38.1 Å². The van der Waals surface area contributed by atoms with E-state index in [1.807, 2.05) is 35.3 Å². The Morgan fingerprint density at radius 3 is 2.38 bits per heavy atom. The van der Waals surface area contributed by atoms with Crippen LogP contribution < -0.4 is 20.9 Å². The number of aliphatic hydroxyl groups is 1. The molecular weight excluding hydrogens is 572 g/mol. The molecule has 2 heterocycles. The Bertz CT molecular complexity index is 1540. The zero-order valence-corrected chi connectivity index (χ0v) is 24.3. The number of carbonyl (C=O) groups excluding carboxylic acids is 1. The maximum atomic E-state index is 15.6. The molecule has 0 bridgehead atoms. The second kappa shape index (κ2) is 12.7. The highest BCUT2D eigenvalue weighted by Crippen LogP contribution is 2.47. The molecule has 4 rings (SSSR count). The van der Waals surface area contributed by atoms with Gasteiger partial charge in [0.05, 0.1) is 12.7 Å². The Morgan fingerprint density at radius 1 is 1.12 bits per heavy atom. The quantitative estimate of drug-likeness (QED) is 0.219. The van der Waals surface area contributed by atoms with Gasteiger partial charge in [-0.25, -0.2) is 13.8 Å². The molecule has 2 aromatic carbocycles. The third-order valence-corrected chi connectivity index (χ3v) is 8.12. The van der Waals surface area contributed by atoms with Crippen molar-refractivity contribution in [1.29, 1.82) is 0 Å². The van der Waals surface area contributed by atoms with Crippen LogP contribution in [0.4, 0.5) is 4.39 Å². The first-order valence-corrected chi connectivity index (χ1v) is 14.7. The van der Waals surface area contributed by atoms with Crippen LogP contribution in [0, 0.1) is 0 Å². The first kappa shape index (κ1) is 31.3. The van der Waals surface area contributed by atoms with Crippen molar-refractivity contribution in [3.8, 4) is 16.9 Å². The van der Waals surface area contributed by atoms with E-state index in [0.717, 1.165) is 34.9 Å². The molecule has 0 amide bonds. The summed E-state index contributed by atoms with van der Waals surface area (Å²) >= 11 is 0. The van der Waals surface area contributed by atoms with E-state index in [4.69, 9.17) is 18.5 Å². The molecule has 1 saturated heterocycles. The lowest BCUT2D eigenvalue weighted by Crippen LogP contribution is -2.43. The van der Waals surface area contributed by atoms with E-state index >= 15 is 4.39 Å². The van der Waals surface area contributed by atoms with Crippen LogP contribution in [0.1, 0.15) is 33.9 Å². The SMILES string of the molecule is CC(C)OC(=O)[C@H](C)N[P@](=O)(OC[C@H]1O[C@@H](n2ccc(=O)[nH]c2=O)[C@](C)(F)[C@@H]1O)Oc1ccc(-c2ccccc2)cc1. The average molecular weight is 606 g/mol. The number of H-pyrrole nitrogens is 1. The zero-order valence-electron chi connectivity index (χ0n) is 23.4. The van der Waals surface area contributed by atoms with Crippen LogP contribution >= 0.6 is 7.75 Å². The van der Waals surface area contributed by atoms with Gasteiger partial charge in [0.15, 0.2) is 11.9 Å². The summed E-state index contributed by atoms with van der Waals surface area (Å²) in [4.78, 5) is 38.1. The van der Waals surface area contributed by atoms with Crippen molar-refractivity contribution in [3.05, 3.63) is 87.7 Å². The number of esters is 1. The second-order valence-corrected chi connectivity index (χ2v) is 11.9. The van der Waals surface area contributed by atoms with Gasteiger partial charge in [-0.2, -0.15) is 5.09 Å². The minimum atomic E-state index is -4.39. The third-order valence-electron chi connectivity index (χ3n) is 6.47. The molecule has 226 valence electrons. The molecule has 1 fully saturated rings. The molecule has 12 nitrogen and oxygen atoms in total. The Kier molecular flexibility index (Phi) is 9.49. The fraction of sp³-hybridized carbons (Fsp3) is 0.393. The van der Waals surface area contributed by atoms with Crippen molar-refractivity contribution in [3.63, 3.8) is 0 Å². The first-order chi connectivity index (χ1) is 19.8. The van der Waals surface area contributed by atoms with Gasteiger partial charge in [-0.15, -0.1) is 0 Å². The van der Waals surface area contributed by atoms with Crippen LogP contribution in [0.15, 0.2) is 76.4 Å². The minimum absolute atomic E-state index is 0.135. The molecule has 1 aromatic heterocycles. The Labute approximate surface area is 241 Å². The molecule has 1 aliphatic rings. The van der Waals surface area contributed by atoms with Gasteiger partial charge in [-0.1, -0.05) is 42.5 Å². The van der Waals surface area contributed by atoms with Crippen LogP contribution in [0.25, 0.3) is 11.1 Å². The summed E-state index contributed by atoms with van der Waals surface area (Å²) < 4.78 is 52.4. The van der Waals surface area contributed by atoms with Crippen LogP contribution in [0.3, 0.4) is 0 Å². The van der Waals surface area contributed by atoms with E-state index < -0.39 is 67.8 Å². The summed E-state index contributed by atoms with van der Waals surface area (Å²) in [7, 11) is -4.39. The van der Waals surface area contributed by atoms with Crippen LogP contribution in [-0.4, -0.2) is 57.3 Å². The summed E-state index contributed by atoms with van der Waals surface area (Å²) in [5, 5.41) is 13.2. The summed E-state index contributed by atoms with van der Waals surface area (Å²) in [6.07, 6.45) is -4.28. The number of aromatic nitrogens is 2. The summed E-state index contributed by atoms with van der Waals surface area (Å²) in [5.74, 6) is -0.585. The lowest BCUT2D eigenvalue weighted by Gasteiger charge is -2.25. The van der Waals surface area contributed by atoms with E-state index in [2.05, 4.69) is 5.09 Å². The molecule has 3 N–H and O–H groups in total. The van der Waals surface area contributed by atoms with Gasteiger partial charge in [0, 0.05) is 12.3 Å². The van der Waals surface area contributed by atoms with E-state index in [-0.39, 0.29) is 5.75 Å². The van der Waals surface area contributed by atoms with Gasteiger partial charge in [0.2, 0.25) is 0 Å². The number of nitrogens with one attached hydrogen (secondary N) is 2.